The highest BCUT2D eigenvalue weighted by Gasteiger charge is 2.48. The Morgan fingerprint density at radius 3 is 2.48 bits per heavy atom. The first-order valence-electron chi connectivity index (χ1n) is 5.23. The van der Waals surface area contributed by atoms with Crippen LogP contribution in [-0.4, -0.2) is 23.9 Å². The molecule has 0 atom stereocenters. The molecule has 0 saturated carbocycles. The Morgan fingerprint density at radius 1 is 1.29 bits per heavy atom. The van der Waals surface area contributed by atoms with Crippen molar-refractivity contribution in [3.8, 4) is 11.8 Å². The Balaban J connectivity index is 0.000000677. The third-order valence-electron chi connectivity index (χ3n) is 1.99. The molecular formula is C11H8F3N3O3S. The molecule has 21 heavy (non-hydrogen) atoms. The van der Waals surface area contributed by atoms with Crippen molar-refractivity contribution in [1.82, 2.24) is 9.97 Å². The molecule has 0 aliphatic rings. The number of nitriles is 1. The van der Waals surface area contributed by atoms with E-state index in [0.29, 0.717) is 0 Å². The average molecular weight is 319 g/mol. The Hall–Kier alpha value is -2.41. The highest BCUT2D eigenvalue weighted by Crippen LogP contribution is 2.30. The summed E-state index contributed by atoms with van der Waals surface area (Å²) in [6, 6.07) is 4.09. The maximum absolute atomic E-state index is 12.2. The molecule has 2 rings (SSSR count). The maximum Gasteiger partial charge on any atom is 0.534 e. The van der Waals surface area contributed by atoms with Crippen LogP contribution >= 0.6 is 0 Å². The smallest absolute Gasteiger partial charge is 0.375 e. The summed E-state index contributed by atoms with van der Waals surface area (Å²) in [5.41, 5.74) is -5.25. The number of nitrogens with zero attached hydrogens (tertiary/aromatic N) is 3. The molecule has 10 heteroatoms. The van der Waals surface area contributed by atoms with Crippen molar-refractivity contribution in [3.63, 3.8) is 0 Å². The fourth-order valence-corrected chi connectivity index (χ4v) is 1.69. The van der Waals surface area contributed by atoms with Gasteiger partial charge in [-0.05, 0) is 6.07 Å². The second-order valence-electron chi connectivity index (χ2n) is 3.41. The van der Waals surface area contributed by atoms with Crippen LogP contribution in [0.3, 0.4) is 0 Å². The third kappa shape index (κ3) is 4.03. The van der Waals surface area contributed by atoms with E-state index in [1.807, 2.05) is 0 Å². The molecule has 2 aromatic rings. The first-order valence-corrected chi connectivity index (χ1v) is 6.64. The van der Waals surface area contributed by atoms with Gasteiger partial charge in [0.05, 0.1) is 17.8 Å². The molecule has 2 heterocycles. The summed E-state index contributed by atoms with van der Waals surface area (Å²) >= 11 is 0. The topological polar surface area (TPSA) is 92.9 Å². The van der Waals surface area contributed by atoms with E-state index in [1.165, 1.54) is 25.4 Å². The normalized spacial score (nSPS) is 11.2. The van der Waals surface area contributed by atoms with Crippen LogP contribution in [0.15, 0.2) is 30.7 Å². The summed E-state index contributed by atoms with van der Waals surface area (Å²) < 4.78 is 62.4. The van der Waals surface area contributed by atoms with Crippen LogP contribution in [0.4, 0.5) is 13.2 Å². The fraction of sp³-hybridized carbons (Fsp3) is 0.182. The third-order valence-corrected chi connectivity index (χ3v) is 2.95. The van der Waals surface area contributed by atoms with Gasteiger partial charge < -0.3 is 4.18 Å². The van der Waals surface area contributed by atoms with E-state index in [1.54, 1.807) is 6.07 Å². The molecule has 0 aromatic carbocycles. The van der Waals surface area contributed by atoms with E-state index in [4.69, 9.17) is 5.26 Å². The van der Waals surface area contributed by atoms with Crippen molar-refractivity contribution in [3.05, 3.63) is 30.7 Å². The van der Waals surface area contributed by atoms with Gasteiger partial charge in [0.1, 0.15) is 0 Å². The SMILES string of the molecule is CC#N.O=S(=O)(Oc1ccnc2cnccc12)C(F)(F)F. The standard InChI is InChI=1S/C9H5F3N2O3S.C2H3N/c10-9(11,12)18(15,16)17-8-2-4-14-7-5-13-3-1-6(7)8;1-2-3/h1-5H;1H3. The molecule has 0 amide bonds. The van der Waals surface area contributed by atoms with E-state index in [0.717, 1.165) is 12.3 Å². The fourth-order valence-electron chi connectivity index (χ4n) is 1.21. The van der Waals surface area contributed by atoms with Gasteiger partial charge >= 0.3 is 15.6 Å². The van der Waals surface area contributed by atoms with Crippen LogP contribution in [0.5, 0.6) is 5.75 Å². The van der Waals surface area contributed by atoms with Gasteiger partial charge in [-0.2, -0.15) is 26.9 Å². The van der Waals surface area contributed by atoms with Crippen molar-refractivity contribution < 1.29 is 25.8 Å². The minimum Gasteiger partial charge on any atom is -0.375 e. The molecule has 112 valence electrons. The summed E-state index contributed by atoms with van der Waals surface area (Å²) in [6.07, 6.45) is 3.70. The Kier molecular flexibility index (Phi) is 5.04. The second kappa shape index (κ2) is 6.36. The van der Waals surface area contributed by atoms with Gasteiger partial charge in [-0.25, -0.2) is 0 Å². The zero-order chi connectivity index (χ0) is 16.1. The number of aromatic nitrogens is 2. The van der Waals surface area contributed by atoms with Crippen molar-refractivity contribution >= 4 is 21.0 Å². The summed E-state index contributed by atoms with van der Waals surface area (Å²) in [7, 11) is -5.69. The molecule has 0 radical (unpaired) electrons. The van der Waals surface area contributed by atoms with E-state index < -0.39 is 21.4 Å². The highest BCUT2D eigenvalue weighted by atomic mass is 32.2. The number of halogens is 3. The van der Waals surface area contributed by atoms with Crippen LogP contribution in [0, 0.1) is 11.3 Å². The molecule has 0 aliphatic carbocycles. The number of alkyl halides is 3. The van der Waals surface area contributed by atoms with Crippen LogP contribution in [0.25, 0.3) is 10.9 Å². The summed E-state index contributed by atoms with van der Waals surface area (Å²) in [5, 5.41) is 7.44. The van der Waals surface area contributed by atoms with Crippen molar-refractivity contribution in [2.24, 2.45) is 0 Å². The predicted molar refractivity (Wildman–Crippen MR) is 66.4 cm³/mol. The van der Waals surface area contributed by atoms with Crippen molar-refractivity contribution in [1.29, 1.82) is 5.26 Å². The molecule has 6 nitrogen and oxygen atoms in total. The number of rotatable bonds is 2. The van der Waals surface area contributed by atoms with Crippen LogP contribution < -0.4 is 4.18 Å². The number of fused-ring (bicyclic) bond motifs is 1. The van der Waals surface area contributed by atoms with Crippen molar-refractivity contribution in [2.45, 2.75) is 12.4 Å². The van der Waals surface area contributed by atoms with Crippen LogP contribution in [0.2, 0.25) is 0 Å². The molecule has 0 fully saturated rings. The lowest BCUT2D eigenvalue weighted by Crippen LogP contribution is -2.28. The van der Waals surface area contributed by atoms with Gasteiger partial charge in [0.15, 0.2) is 5.75 Å². The van der Waals surface area contributed by atoms with E-state index >= 15 is 0 Å². The van der Waals surface area contributed by atoms with Gasteiger partial charge in [0.25, 0.3) is 0 Å². The molecule has 0 saturated heterocycles. The minimum absolute atomic E-state index is 0.125. The molecule has 0 bridgehead atoms. The van der Waals surface area contributed by atoms with Crippen LogP contribution in [-0.2, 0) is 10.1 Å². The second-order valence-corrected chi connectivity index (χ2v) is 4.95. The average Bonchev–Trinajstić information content (AvgIpc) is 2.38. The zero-order valence-electron chi connectivity index (χ0n) is 10.5. The quantitative estimate of drug-likeness (QED) is 0.623. The summed E-state index contributed by atoms with van der Waals surface area (Å²) in [6.45, 7) is 1.43. The summed E-state index contributed by atoms with van der Waals surface area (Å²) in [4.78, 5) is 7.52. The molecular weight excluding hydrogens is 311 g/mol. The number of hydrogen-bond donors (Lipinski definition) is 0. The summed E-state index contributed by atoms with van der Waals surface area (Å²) in [5.74, 6) is -0.445. The lowest BCUT2D eigenvalue weighted by molar-refractivity contribution is -0.0499. The van der Waals surface area contributed by atoms with Gasteiger partial charge in [-0.15, -0.1) is 0 Å². The van der Waals surface area contributed by atoms with Gasteiger partial charge in [-0.3, -0.25) is 9.97 Å². The Morgan fingerprint density at radius 2 is 1.90 bits per heavy atom. The maximum atomic E-state index is 12.2. The first-order chi connectivity index (χ1) is 9.73. The van der Waals surface area contributed by atoms with Gasteiger partial charge in [0.2, 0.25) is 0 Å². The van der Waals surface area contributed by atoms with E-state index in [2.05, 4.69) is 14.2 Å². The Labute approximate surface area is 117 Å². The minimum atomic E-state index is -5.69. The van der Waals surface area contributed by atoms with Crippen LogP contribution in [0.1, 0.15) is 6.92 Å². The molecule has 0 N–H and O–H groups in total. The lowest BCUT2D eigenvalue weighted by Gasteiger charge is -2.10. The monoisotopic (exact) mass is 319 g/mol. The van der Waals surface area contributed by atoms with Gasteiger partial charge in [0, 0.05) is 30.8 Å². The number of pyridine rings is 2. The largest absolute Gasteiger partial charge is 0.534 e. The molecule has 0 aliphatic heterocycles. The van der Waals surface area contributed by atoms with E-state index in [-0.39, 0.29) is 10.9 Å². The number of hydrogen-bond acceptors (Lipinski definition) is 6. The van der Waals surface area contributed by atoms with Crippen molar-refractivity contribution in [2.75, 3.05) is 0 Å². The first kappa shape index (κ1) is 16.6. The zero-order valence-corrected chi connectivity index (χ0v) is 11.3. The molecule has 2 aromatic heterocycles. The Bertz CT molecular complexity index is 764. The van der Waals surface area contributed by atoms with E-state index in [9.17, 15) is 21.6 Å². The highest BCUT2D eigenvalue weighted by molar-refractivity contribution is 7.88. The molecule has 0 unspecified atom stereocenters. The molecule has 0 spiro atoms. The van der Waals surface area contributed by atoms with Gasteiger partial charge in [-0.1, -0.05) is 0 Å². The lowest BCUT2D eigenvalue weighted by atomic mass is 10.2. The predicted octanol–water partition coefficient (Wildman–Crippen LogP) is 2.39.